The van der Waals surface area contributed by atoms with E-state index in [0.29, 0.717) is 5.56 Å². The second-order valence-corrected chi connectivity index (χ2v) is 3.48. The van der Waals surface area contributed by atoms with Crippen molar-refractivity contribution in [3.8, 4) is 5.88 Å². The van der Waals surface area contributed by atoms with E-state index >= 15 is 0 Å². The summed E-state index contributed by atoms with van der Waals surface area (Å²) in [6.07, 6.45) is 1.39. The van der Waals surface area contributed by atoms with Crippen molar-refractivity contribution in [2.75, 3.05) is 0 Å². The van der Waals surface area contributed by atoms with Gasteiger partial charge in [0.25, 0.3) is 0 Å². The van der Waals surface area contributed by atoms with Crippen LogP contribution in [0.5, 0.6) is 5.88 Å². The summed E-state index contributed by atoms with van der Waals surface area (Å²) in [5.74, 6) is -0.115. The Morgan fingerprint density at radius 2 is 2.14 bits per heavy atom. The molecular formula is C9H12F2N2O. The smallest absolute Gasteiger partial charge is 0.388 e. The zero-order valence-corrected chi connectivity index (χ0v) is 8.00. The molecule has 0 fully saturated rings. The van der Waals surface area contributed by atoms with Gasteiger partial charge in [-0.1, -0.05) is 0 Å². The maximum atomic E-state index is 11.9. The molecule has 0 saturated heterocycles. The van der Waals surface area contributed by atoms with Crippen LogP contribution in [0.15, 0.2) is 18.3 Å². The van der Waals surface area contributed by atoms with Crippen molar-refractivity contribution >= 4 is 0 Å². The molecule has 0 unspecified atom stereocenters. The summed E-state index contributed by atoms with van der Waals surface area (Å²) < 4.78 is 27.9. The van der Waals surface area contributed by atoms with Gasteiger partial charge in [-0.05, 0) is 25.5 Å². The number of nitrogens with zero attached hydrogens (tertiary/aromatic N) is 1. The summed E-state index contributed by atoms with van der Waals surface area (Å²) >= 11 is 0. The topological polar surface area (TPSA) is 48.1 Å². The van der Waals surface area contributed by atoms with E-state index < -0.39 is 12.2 Å². The van der Waals surface area contributed by atoms with Crippen molar-refractivity contribution in [1.82, 2.24) is 4.98 Å². The molecule has 1 heterocycles. The minimum Gasteiger partial charge on any atom is -0.417 e. The van der Waals surface area contributed by atoms with E-state index in [1.807, 2.05) is 0 Å². The first-order chi connectivity index (χ1) is 6.39. The predicted molar refractivity (Wildman–Crippen MR) is 48.1 cm³/mol. The molecule has 0 aromatic carbocycles. The normalized spacial score (nSPS) is 11.9. The summed E-state index contributed by atoms with van der Waals surface area (Å²) in [5.41, 5.74) is 5.89. The van der Waals surface area contributed by atoms with Crippen molar-refractivity contribution in [1.29, 1.82) is 0 Å². The molecule has 0 aliphatic carbocycles. The van der Waals surface area contributed by atoms with Gasteiger partial charge < -0.3 is 10.5 Å². The summed E-state index contributed by atoms with van der Waals surface area (Å²) in [5, 5.41) is 0. The fraction of sp³-hybridized carbons (Fsp3) is 0.444. The van der Waals surface area contributed by atoms with Gasteiger partial charge in [0.05, 0.1) is 0 Å². The molecule has 3 nitrogen and oxygen atoms in total. The maximum Gasteiger partial charge on any atom is 0.388 e. The number of halogens is 2. The molecule has 1 aromatic rings. The first-order valence-corrected chi connectivity index (χ1v) is 4.10. The summed E-state index contributed by atoms with van der Waals surface area (Å²) in [7, 11) is 0. The number of ether oxygens (including phenoxy) is 1. The quantitative estimate of drug-likeness (QED) is 0.814. The first kappa shape index (κ1) is 10.8. The molecule has 0 amide bonds. The third-order valence-electron chi connectivity index (χ3n) is 1.69. The number of hydrogen-bond acceptors (Lipinski definition) is 3. The van der Waals surface area contributed by atoms with E-state index in [4.69, 9.17) is 5.73 Å². The van der Waals surface area contributed by atoms with Crippen molar-refractivity contribution in [3.05, 3.63) is 23.9 Å². The van der Waals surface area contributed by atoms with Gasteiger partial charge >= 0.3 is 6.61 Å². The minimum absolute atomic E-state index is 0.115. The van der Waals surface area contributed by atoms with E-state index in [-0.39, 0.29) is 5.88 Å². The van der Waals surface area contributed by atoms with E-state index in [2.05, 4.69) is 9.72 Å². The number of nitrogens with two attached hydrogens (primary N) is 1. The van der Waals surface area contributed by atoms with E-state index in [1.165, 1.54) is 12.3 Å². The molecule has 0 spiro atoms. The van der Waals surface area contributed by atoms with Gasteiger partial charge in [0.15, 0.2) is 0 Å². The number of rotatable bonds is 3. The van der Waals surface area contributed by atoms with Crippen molar-refractivity contribution < 1.29 is 13.5 Å². The lowest BCUT2D eigenvalue weighted by Crippen LogP contribution is -2.28. The van der Waals surface area contributed by atoms with Gasteiger partial charge in [-0.15, -0.1) is 0 Å². The van der Waals surface area contributed by atoms with Crippen LogP contribution in [0.3, 0.4) is 0 Å². The molecule has 0 bridgehead atoms. The largest absolute Gasteiger partial charge is 0.417 e. The molecule has 78 valence electrons. The third-order valence-corrected chi connectivity index (χ3v) is 1.69. The molecule has 1 rings (SSSR count). The monoisotopic (exact) mass is 202 g/mol. The molecule has 0 aliphatic heterocycles. The molecule has 0 radical (unpaired) electrons. The van der Waals surface area contributed by atoms with Crippen LogP contribution in [-0.2, 0) is 5.54 Å². The minimum atomic E-state index is -2.86. The van der Waals surface area contributed by atoms with Gasteiger partial charge in [0.1, 0.15) is 0 Å². The average molecular weight is 202 g/mol. The van der Waals surface area contributed by atoms with Crippen molar-refractivity contribution in [2.24, 2.45) is 5.73 Å². The molecule has 0 saturated carbocycles. The fourth-order valence-electron chi connectivity index (χ4n) is 0.966. The molecule has 5 heteroatoms. The summed E-state index contributed by atoms with van der Waals surface area (Å²) in [6, 6.07) is 3.07. The second-order valence-electron chi connectivity index (χ2n) is 3.48. The number of aromatic nitrogens is 1. The lowest BCUT2D eigenvalue weighted by Gasteiger charge is -2.19. The Morgan fingerprint density at radius 1 is 1.50 bits per heavy atom. The molecule has 2 N–H and O–H groups in total. The molecule has 0 atom stereocenters. The van der Waals surface area contributed by atoms with E-state index in [0.717, 1.165) is 0 Å². The van der Waals surface area contributed by atoms with Crippen LogP contribution in [0.1, 0.15) is 19.4 Å². The highest BCUT2D eigenvalue weighted by Crippen LogP contribution is 2.20. The molecular weight excluding hydrogens is 190 g/mol. The molecule has 1 aromatic heterocycles. The van der Waals surface area contributed by atoms with Gasteiger partial charge in [0, 0.05) is 17.8 Å². The van der Waals surface area contributed by atoms with E-state index in [1.54, 1.807) is 19.9 Å². The van der Waals surface area contributed by atoms with Crippen LogP contribution in [-0.4, -0.2) is 11.6 Å². The highest BCUT2D eigenvalue weighted by molar-refractivity contribution is 5.26. The number of hydrogen-bond donors (Lipinski definition) is 1. The highest BCUT2D eigenvalue weighted by Gasteiger charge is 2.15. The van der Waals surface area contributed by atoms with Crippen LogP contribution >= 0.6 is 0 Å². The van der Waals surface area contributed by atoms with Crippen molar-refractivity contribution in [2.45, 2.75) is 26.0 Å². The molecule has 0 aliphatic rings. The van der Waals surface area contributed by atoms with Gasteiger partial charge in [-0.3, -0.25) is 0 Å². The lowest BCUT2D eigenvalue weighted by molar-refractivity contribution is -0.0529. The maximum absolute atomic E-state index is 11.9. The van der Waals surface area contributed by atoms with E-state index in [9.17, 15) is 8.78 Å². The number of pyridine rings is 1. The molecule has 14 heavy (non-hydrogen) atoms. The second kappa shape index (κ2) is 3.88. The van der Waals surface area contributed by atoms with Crippen molar-refractivity contribution in [3.63, 3.8) is 0 Å². The standard InChI is InChI=1S/C9H12F2N2O/c1-9(2,12)6-3-4-13-7(5-6)14-8(10)11/h3-5,8H,12H2,1-2H3. The Labute approximate surface area is 80.9 Å². The lowest BCUT2D eigenvalue weighted by atomic mass is 9.97. The van der Waals surface area contributed by atoms with Crippen LogP contribution in [0, 0.1) is 0 Å². The predicted octanol–water partition coefficient (Wildman–Crippen LogP) is 1.88. The Kier molecular flexibility index (Phi) is 3.00. The van der Waals surface area contributed by atoms with Crippen LogP contribution in [0.2, 0.25) is 0 Å². The van der Waals surface area contributed by atoms with Crippen LogP contribution < -0.4 is 10.5 Å². The number of alkyl halides is 2. The third kappa shape index (κ3) is 2.92. The van der Waals surface area contributed by atoms with Crippen LogP contribution in [0.25, 0.3) is 0 Å². The Balaban J connectivity index is 2.90. The summed E-state index contributed by atoms with van der Waals surface area (Å²) in [6.45, 7) is 0.682. The summed E-state index contributed by atoms with van der Waals surface area (Å²) in [4.78, 5) is 3.64. The van der Waals surface area contributed by atoms with Gasteiger partial charge in [-0.2, -0.15) is 8.78 Å². The zero-order valence-electron chi connectivity index (χ0n) is 8.00. The Hall–Kier alpha value is -1.23. The van der Waals surface area contributed by atoms with Gasteiger partial charge in [-0.25, -0.2) is 4.98 Å². The SMILES string of the molecule is CC(C)(N)c1ccnc(OC(F)F)c1. The average Bonchev–Trinajstić information content (AvgIpc) is 2.01. The van der Waals surface area contributed by atoms with Gasteiger partial charge in [0.2, 0.25) is 5.88 Å². The Bertz CT molecular complexity index is 310. The first-order valence-electron chi connectivity index (χ1n) is 4.10. The zero-order chi connectivity index (χ0) is 10.8. The van der Waals surface area contributed by atoms with Crippen LogP contribution in [0.4, 0.5) is 8.78 Å². The highest BCUT2D eigenvalue weighted by atomic mass is 19.3. The fourth-order valence-corrected chi connectivity index (χ4v) is 0.966. The Morgan fingerprint density at radius 3 is 2.64 bits per heavy atom.